The molecule has 0 spiro atoms. The fourth-order valence-electron chi connectivity index (χ4n) is 2.55. The number of nitrogens with one attached hydrogen (secondary N) is 2. The molecule has 0 aromatic carbocycles. The molecule has 1 aliphatic heterocycles. The zero-order valence-corrected chi connectivity index (χ0v) is 14.9. The van der Waals surface area contributed by atoms with Crippen LogP contribution < -0.4 is 15.2 Å². The van der Waals surface area contributed by atoms with E-state index in [2.05, 4.69) is 14.7 Å². The van der Waals surface area contributed by atoms with Crippen LogP contribution in [0, 0.1) is 6.92 Å². The third-order valence-electron chi connectivity index (χ3n) is 4.00. The SMILES string of the molecule is Cc1cc(=O)[nH]c(N2CCCC(NS(=O)(=O)N(C)C(C)C)C2)n1. The Morgan fingerprint density at radius 3 is 2.78 bits per heavy atom. The number of hydrogen-bond donors (Lipinski definition) is 2. The number of aromatic nitrogens is 2. The minimum Gasteiger partial charge on any atom is -0.341 e. The highest BCUT2D eigenvalue weighted by Gasteiger charge is 2.28. The van der Waals surface area contributed by atoms with Crippen molar-refractivity contribution in [2.75, 3.05) is 25.0 Å². The summed E-state index contributed by atoms with van der Waals surface area (Å²) in [6.07, 6.45) is 1.59. The van der Waals surface area contributed by atoms with E-state index in [-0.39, 0.29) is 17.6 Å². The van der Waals surface area contributed by atoms with Crippen molar-refractivity contribution in [2.24, 2.45) is 0 Å². The smallest absolute Gasteiger partial charge is 0.279 e. The molecular formula is C14H25N5O3S. The summed E-state index contributed by atoms with van der Waals surface area (Å²) in [6, 6.07) is 1.12. The third kappa shape index (κ3) is 4.52. The number of nitrogens with zero attached hydrogens (tertiary/aromatic N) is 3. The maximum Gasteiger partial charge on any atom is 0.279 e. The Bertz CT molecular complexity index is 701. The van der Waals surface area contributed by atoms with E-state index >= 15 is 0 Å². The minimum absolute atomic E-state index is 0.109. The van der Waals surface area contributed by atoms with Crippen LogP contribution in [-0.2, 0) is 10.2 Å². The Kier molecular flexibility index (Phi) is 5.43. The van der Waals surface area contributed by atoms with Crippen molar-refractivity contribution in [3.63, 3.8) is 0 Å². The highest BCUT2D eigenvalue weighted by molar-refractivity contribution is 7.87. The monoisotopic (exact) mass is 343 g/mol. The summed E-state index contributed by atoms with van der Waals surface area (Å²) in [7, 11) is -1.95. The lowest BCUT2D eigenvalue weighted by molar-refractivity contribution is 0.385. The van der Waals surface area contributed by atoms with E-state index in [0.29, 0.717) is 18.2 Å². The van der Waals surface area contributed by atoms with Crippen molar-refractivity contribution in [1.82, 2.24) is 19.0 Å². The topological polar surface area (TPSA) is 98.4 Å². The van der Waals surface area contributed by atoms with Gasteiger partial charge in [0.05, 0.1) is 0 Å². The van der Waals surface area contributed by atoms with E-state index in [1.54, 1.807) is 14.0 Å². The van der Waals surface area contributed by atoms with E-state index in [0.717, 1.165) is 19.4 Å². The van der Waals surface area contributed by atoms with Crippen LogP contribution in [0.5, 0.6) is 0 Å². The molecule has 0 aliphatic carbocycles. The van der Waals surface area contributed by atoms with E-state index in [1.807, 2.05) is 18.7 Å². The molecule has 9 heteroatoms. The van der Waals surface area contributed by atoms with Crippen molar-refractivity contribution >= 4 is 16.2 Å². The lowest BCUT2D eigenvalue weighted by Gasteiger charge is -2.34. The van der Waals surface area contributed by atoms with Crippen LogP contribution in [0.4, 0.5) is 5.95 Å². The molecule has 130 valence electrons. The van der Waals surface area contributed by atoms with Crippen LogP contribution in [-0.4, -0.2) is 54.9 Å². The van der Waals surface area contributed by atoms with Crippen LogP contribution >= 0.6 is 0 Å². The van der Waals surface area contributed by atoms with Gasteiger partial charge in [-0.05, 0) is 33.6 Å². The summed E-state index contributed by atoms with van der Waals surface area (Å²) in [6.45, 7) is 6.64. The van der Waals surface area contributed by atoms with Gasteiger partial charge in [-0.2, -0.15) is 17.4 Å². The molecule has 0 amide bonds. The highest BCUT2D eigenvalue weighted by Crippen LogP contribution is 2.16. The number of anilines is 1. The van der Waals surface area contributed by atoms with E-state index < -0.39 is 10.2 Å². The second-order valence-electron chi connectivity index (χ2n) is 6.23. The van der Waals surface area contributed by atoms with Gasteiger partial charge in [-0.25, -0.2) is 4.98 Å². The second kappa shape index (κ2) is 6.98. The molecule has 8 nitrogen and oxygen atoms in total. The molecular weight excluding hydrogens is 318 g/mol. The standard InChI is InChI=1S/C14H25N5O3S/c1-10(2)18(4)23(21,22)17-12-6-5-7-19(9-12)14-15-11(3)8-13(20)16-14/h8,10,12,17H,5-7,9H2,1-4H3,(H,15,16,20). The first-order valence-corrected chi connectivity index (χ1v) is 9.21. The zero-order valence-electron chi connectivity index (χ0n) is 14.0. The first-order chi connectivity index (χ1) is 10.7. The average molecular weight is 343 g/mol. The quantitative estimate of drug-likeness (QED) is 0.797. The van der Waals surface area contributed by atoms with Crippen molar-refractivity contribution < 1.29 is 8.42 Å². The molecule has 1 atom stereocenters. The normalized spacial score (nSPS) is 19.6. The number of H-pyrrole nitrogens is 1. The fraction of sp³-hybridized carbons (Fsp3) is 0.714. The van der Waals surface area contributed by atoms with Gasteiger partial charge in [0.2, 0.25) is 5.95 Å². The van der Waals surface area contributed by atoms with Gasteiger partial charge in [0, 0.05) is 44.0 Å². The summed E-state index contributed by atoms with van der Waals surface area (Å²) in [5.74, 6) is 0.496. The Labute approximate surface area is 137 Å². The van der Waals surface area contributed by atoms with Gasteiger partial charge in [0.15, 0.2) is 0 Å². The molecule has 2 N–H and O–H groups in total. The molecule has 1 unspecified atom stereocenters. The van der Waals surface area contributed by atoms with Crippen LogP contribution in [0.25, 0.3) is 0 Å². The summed E-state index contributed by atoms with van der Waals surface area (Å²) in [5, 5.41) is 0. The van der Waals surface area contributed by atoms with Gasteiger partial charge in [0.25, 0.3) is 15.8 Å². The first kappa shape index (κ1) is 17.9. The van der Waals surface area contributed by atoms with Crippen molar-refractivity contribution in [1.29, 1.82) is 0 Å². The maximum atomic E-state index is 12.3. The van der Waals surface area contributed by atoms with Crippen LogP contribution in [0.3, 0.4) is 0 Å². The van der Waals surface area contributed by atoms with Gasteiger partial charge >= 0.3 is 0 Å². The lowest BCUT2D eigenvalue weighted by atomic mass is 10.1. The van der Waals surface area contributed by atoms with Crippen molar-refractivity contribution in [3.05, 3.63) is 22.1 Å². The molecule has 0 radical (unpaired) electrons. The molecule has 2 rings (SSSR count). The predicted octanol–water partition coefficient (Wildman–Crippen LogP) is 0.222. The van der Waals surface area contributed by atoms with Gasteiger partial charge in [-0.1, -0.05) is 0 Å². The Morgan fingerprint density at radius 1 is 1.48 bits per heavy atom. The van der Waals surface area contributed by atoms with Gasteiger partial charge < -0.3 is 4.90 Å². The van der Waals surface area contributed by atoms with Crippen molar-refractivity contribution in [2.45, 2.75) is 45.7 Å². The molecule has 1 aromatic heterocycles. The molecule has 2 heterocycles. The molecule has 1 saturated heterocycles. The molecule has 1 aliphatic rings. The van der Waals surface area contributed by atoms with E-state index in [9.17, 15) is 13.2 Å². The summed E-state index contributed by atoms with van der Waals surface area (Å²) < 4.78 is 28.7. The minimum atomic E-state index is -3.52. The number of aromatic amines is 1. The summed E-state index contributed by atoms with van der Waals surface area (Å²) in [5.41, 5.74) is 0.445. The average Bonchev–Trinajstić information content (AvgIpc) is 2.45. The van der Waals surface area contributed by atoms with E-state index in [1.165, 1.54) is 10.4 Å². The Balaban J connectivity index is 2.11. The largest absolute Gasteiger partial charge is 0.341 e. The van der Waals surface area contributed by atoms with Gasteiger partial charge in [-0.15, -0.1) is 0 Å². The molecule has 1 fully saturated rings. The summed E-state index contributed by atoms with van der Waals surface area (Å²) >= 11 is 0. The first-order valence-electron chi connectivity index (χ1n) is 7.77. The van der Waals surface area contributed by atoms with Gasteiger partial charge in [0.1, 0.15) is 0 Å². The second-order valence-corrected chi connectivity index (χ2v) is 7.99. The van der Waals surface area contributed by atoms with E-state index in [4.69, 9.17) is 0 Å². The lowest BCUT2D eigenvalue weighted by Crippen LogP contribution is -2.52. The molecule has 0 saturated carbocycles. The summed E-state index contributed by atoms with van der Waals surface area (Å²) in [4.78, 5) is 20.6. The predicted molar refractivity (Wildman–Crippen MR) is 89.8 cm³/mol. The third-order valence-corrected chi connectivity index (χ3v) is 5.81. The molecule has 23 heavy (non-hydrogen) atoms. The Morgan fingerprint density at radius 2 is 2.17 bits per heavy atom. The Hall–Kier alpha value is -1.45. The zero-order chi connectivity index (χ0) is 17.2. The number of aryl methyl sites for hydroxylation is 1. The van der Waals surface area contributed by atoms with Crippen LogP contribution in [0.2, 0.25) is 0 Å². The number of piperidine rings is 1. The number of rotatable bonds is 5. The van der Waals surface area contributed by atoms with Gasteiger partial charge in [-0.3, -0.25) is 9.78 Å². The maximum absolute atomic E-state index is 12.3. The van der Waals surface area contributed by atoms with Crippen LogP contribution in [0.15, 0.2) is 10.9 Å². The van der Waals surface area contributed by atoms with Crippen molar-refractivity contribution in [3.8, 4) is 0 Å². The fourth-order valence-corrected chi connectivity index (χ4v) is 3.89. The molecule has 0 bridgehead atoms. The molecule has 1 aromatic rings. The van der Waals surface area contributed by atoms with Crippen LogP contribution in [0.1, 0.15) is 32.4 Å². The number of hydrogen-bond acceptors (Lipinski definition) is 5. The highest BCUT2D eigenvalue weighted by atomic mass is 32.2.